The minimum Gasteiger partial charge on any atom is -0.508 e. The number of carbonyl (C=O) groups is 1. The minimum absolute atomic E-state index is 0.00361. The number of phenolic OH excluding ortho intramolecular Hbond substituents is 1. The van der Waals surface area contributed by atoms with E-state index < -0.39 is 17.5 Å². The van der Waals surface area contributed by atoms with Crippen molar-refractivity contribution in [1.82, 2.24) is 0 Å². The summed E-state index contributed by atoms with van der Waals surface area (Å²) in [5.41, 5.74) is 0.518. The van der Waals surface area contributed by atoms with Crippen LogP contribution in [0.4, 0.5) is 0 Å². The lowest BCUT2D eigenvalue weighted by molar-refractivity contribution is -0.177. The van der Waals surface area contributed by atoms with Crippen LogP contribution in [0.3, 0.4) is 0 Å². The van der Waals surface area contributed by atoms with Crippen LogP contribution in [0.25, 0.3) is 0 Å². The second kappa shape index (κ2) is 6.86. The fraction of sp³-hybridized carbons (Fsp3) is 0.667. The number of carboxylic acids is 1. The molecule has 3 aliphatic rings. The molecule has 4 rings (SSSR count). The molecule has 0 amide bonds. The van der Waals surface area contributed by atoms with E-state index in [-0.39, 0.29) is 11.0 Å². The van der Waals surface area contributed by atoms with Crippen molar-refractivity contribution in [2.24, 2.45) is 5.41 Å². The quantitative estimate of drug-likeness (QED) is 0.803. The summed E-state index contributed by atoms with van der Waals surface area (Å²) in [6.07, 6.45) is 3.86. The Morgan fingerprint density at radius 3 is 2.46 bits per heavy atom. The van der Waals surface area contributed by atoms with Gasteiger partial charge in [-0.15, -0.1) is 0 Å². The van der Waals surface area contributed by atoms with Crippen LogP contribution >= 0.6 is 0 Å². The van der Waals surface area contributed by atoms with Crippen molar-refractivity contribution >= 4 is 5.97 Å². The Bertz CT molecular complexity index is 636. The van der Waals surface area contributed by atoms with Gasteiger partial charge in [-0.25, -0.2) is 4.79 Å². The molecule has 0 radical (unpaired) electrons. The molecule has 2 heterocycles. The van der Waals surface area contributed by atoms with Gasteiger partial charge in [-0.1, -0.05) is 32.9 Å². The molecule has 5 heteroatoms. The fourth-order valence-corrected chi connectivity index (χ4v) is 4.35. The van der Waals surface area contributed by atoms with Gasteiger partial charge in [0.05, 0.1) is 18.8 Å². The van der Waals surface area contributed by atoms with Crippen LogP contribution in [-0.4, -0.2) is 41.1 Å². The van der Waals surface area contributed by atoms with Gasteiger partial charge >= 0.3 is 5.97 Å². The van der Waals surface area contributed by atoms with Crippen LogP contribution in [0.1, 0.15) is 58.4 Å². The van der Waals surface area contributed by atoms with Crippen molar-refractivity contribution < 1.29 is 24.5 Å². The summed E-state index contributed by atoms with van der Waals surface area (Å²) in [4.78, 5) is 11.4. The van der Waals surface area contributed by atoms with E-state index in [2.05, 4.69) is 6.07 Å². The number of rotatable bonds is 6. The van der Waals surface area contributed by atoms with Crippen LogP contribution < -0.4 is 0 Å². The second-order valence-corrected chi connectivity index (χ2v) is 9.01. The van der Waals surface area contributed by atoms with Crippen molar-refractivity contribution in [2.75, 3.05) is 13.2 Å². The van der Waals surface area contributed by atoms with E-state index in [0.29, 0.717) is 19.0 Å². The van der Waals surface area contributed by atoms with Gasteiger partial charge in [0.2, 0.25) is 0 Å². The summed E-state index contributed by atoms with van der Waals surface area (Å²) >= 11 is 0. The van der Waals surface area contributed by atoms with Crippen molar-refractivity contribution in [1.29, 1.82) is 0 Å². The van der Waals surface area contributed by atoms with Crippen LogP contribution in [-0.2, 0) is 19.7 Å². The van der Waals surface area contributed by atoms with Crippen molar-refractivity contribution in [3.05, 3.63) is 29.8 Å². The molecule has 5 nitrogen and oxygen atoms in total. The maximum atomic E-state index is 11.4. The molecule has 144 valence electrons. The van der Waals surface area contributed by atoms with Crippen molar-refractivity contribution in [2.45, 2.75) is 70.0 Å². The number of carboxylic acid groups (broad SMARTS) is 1. The Labute approximate surface area is 155 Å². The average Bonchev–Trinajstić information content (AvgIpc) is 2.59. The summed E-state index contributed by atoms with van der Waals surface area (Å²) in [5.74, 6) is -0.610. The molecule has 1 unspecified atom stereocenters. The highest BCUT2D eigenvalue weighted by Crippen LogP contribution is 2.51. The van der Waals surface area contributed by atoms with Crippen molar-refractivity contribution in [3.63, 3.8) is 0 Å². The molecule has 2 N–H and O–H groups in total. The van der Waals surface area contributed by atoms with E-state index in [1.54, 1.807) is 6.07 Å². The Hall–Kier alpha value is -1.59. The van der Waals surface area contributed by atoms with Gasteiger partial charge in [0.25, 0.3) is 0 Å². The summed E-state index contributed by atoms with van der Waals surface area (Å²) < 4.78 is 12.0. The summed E-state index contributed by atoms with van der Waals surface area (Å²) in [6.45, 7) is 6.69. The third kappa shape index (κ3) is 3.74. The largest absolute Gasteiger partial charge is 0.508 e. The topological polar surface area (TPSA) is 76.0 Å². The number of hydrogen-bond donors (Lipinski definition) is 2. The fourth-order valence-electron chi connectivity index (χ4n) is 4.35. The normalized spacial score (nSPS) is 29.5. The summed E-state index contributed by atoms with van der Waals surface area (Å²) in [7, 11) is 0. The first-order valence-electron chi connectivity index (χ1n) is 9.44. The number of aliphatic carboxylic acids is 1. The Kier molecular flexibility index (Phi) is 5.06. The molecule has 0 spiro atoms. The van der Waals surface area contributed by atoms with Crippen LogP contribution in [0.5, 0.6) is 5.75 Å². The smallest absolute Gasteiger partial charge is 0.333 e. The van der Waals surface area contributed by atoms with Gasteiger partial charge < -0.3 is 19.7 Å². The predicted octanol–water partition coefficient (Wildman–Crippen LogP) is 3.88. The lowest BCUT2D eigenvalue weighted by atomic mass is 9.62. The highest BCUT2D eigenvalue weighted by Gasteiger charge is 2.50. The lowest BCUT2D eigenvalue weighted by Gasteiger charge is -2.53. The molecule has 2 saturated heterocycles. The number of benzene rings is 1. The number of phenols is 1. The van der Waals surface area contributed by atoms with Gasteiger partial charge in [0, 0.05) is 5.41 Å². The van der Waals surface area contributed by atoms with Crippen LogP contribution in [0, 0.1) is 5.41 Å². The zero-order valence-corrected chi connectivity index (χ0v) is 16.0. The van der Waals surface area contributed by atoms with E-state index in [9.17, 15) is 15.0 Å². The number of fused-ring (bicyclic) bond motifs is 3. The highest BCUT2D eigenvalue weighted by molar-refractivity contribution is 5.73. The zero-order valence-electron chi connectivity index (χ0n) is 16.0. The maximum absolute atomic E-state index is 11.4. The first kappa shape index (κ1) is 19.2. The van der Waals surface area contributed by atoms with E-state index in [0.717, 1.165) is 37.7 Å². The lowest BCUT2D eigenvalue weighted by Crippen LogP contribution is -2.53. The number of hydrogen-bond acceptors (Lipinski definition) is 4. The molecule has 1 atom stereocenters. The third-order valence-corrected chi connectivity index (χ3v) is 6.08. The van der Waals surface area contributed by atoms with Gasteiger partial charge in [-0.05, 0) is 55.2 Å². The third-order valence-electron chi connectivity index (χ3n) is 6.08. The van der Waals surface area contributed by atoms with E-state index in [1.807, 2.05) is 32.9 Å². The predicted molar refractivity (Wildman–Crippen MR) is 98.4 cm³/mol. The minimum atomic E-state index is -0.911. The van der Waals surface area contributed by atoms with E-state index in [4.69, 9.17) is 9.47 Å². The summed E-state index contributed by atoms with van der Waals surface area (Å²) in [6, 6.07) is 7.52. The average molecular weight is 362 g/mol. The van der Waals surface area contributed by atoms with Gasteiger partial charge in [0.15, 0.2) is 6.10 Å². The Balaban J connectivity index is 1.59. The molecule has 2 bridgehead atoms. The van der Waals surface area contributed by atoms with Crippen LogP contribution in [0.2, 0.25) is 0 Å². The van der Waals surface area contributed by atoms with E-state index >= 15 is 0 Å². The summed E-state index contributed by atoms with van der Waals surface area (Å²) in [5, 5.41) is 19.2. The highest BCUT2D eigenvalue weighted by atomic mass is 16.5. The molecular weight excluding hydrogens is 332 g/mol. The molecule has 1 saturated carbocycles. The second-order valence-electron chi connectivity index (χ2n) is 9.01. The Morgan fingerprint density at radius 1 is 1.27 bits per heavy atom. The number of ether oxygens (including phenoxy) is 2. The zero-order chi connectivity index (χ0) is 19.0. The Morgan fingerprint density at radius 2 is 1.96 bits per heavy atom. The molecule has 1 aromatic rings. The SMILES string of the molecule is CC(C)(C)C(OCCC12CCC(c3cccc(O)c3)(CC1)CO2)C(=O)O. The monoisotopic (exact) mass is 362 g/mol. The van der Waals surface area contributed by atoms with Gasteiger partial charge in [0.1, 0.15) is 5.75 Å². The molecule has 0 aromatic heterocycles. The maximum Gasteiger partial charge on any atom is 0.333 e. The van der Waals surface area contributed by atoms with E-state index in [1.165, 1.54) is 0 Å². The molecule has 26 heavy (non-hydrogen) atoms. The van der Waals surface area contributed by atoms with Gasteiger partial charge in [-0.3, -0.25) is 0 Å². The standard InChI is InChI=1S/C21H30O5/c1-19(2,3)17(18(23)24)25-12-11-21-9-7-20(8-10-21,14-26-21)15-5-4-6-16(22)13-15/h4-6,13,17,22H,7-12,14H2,1-3H3,(H,23,24). The molecular formula is C21H30O5. The first-order chi connectivity index (χ1) is 12.2. The molecule has 3 fully saturated rings. The first-order valence-corrected chi connectivity index (χ1v) is 9.44. The van der Waals surface area contributed by atoms with Crippen molar-refractivity contribution in [3.8, 4) is 5.75 Å². The van der Waals surface area contributed by atoms with Crippen LogP contribution in [0.15, 0.2) is 24.3 Å². The molecule has 1 aliphatic carbocycles. The number of aromatic hydroxyl groups is 1. The molecule has 1 aromatic carbocycles. The van der Waals surface area contributed by atoms with Gasteiger partial charge in [-0.2, -0.15) is 0 Å². The molecule has 2 aliphatic heterocycles.